The van der Waals surface area contributed by atoms with Gasteiger partial charge in [0.1, 0.15) is 23.7 Å². The number of imidazole rings is 1. The first-order chi connectivity index (χ1) is 13.6. The van der Waals surface area contributed by atoms with Crippen LogP contribution in [0.15, 0.2) is 72.9 Å². The number of hydrogen-bond donors (Lipinski definition) is 1. The second-order valence-electron chi connectivity index (χ2n) is 6.37. The molecule has 0 saturated carbocycles. The number of carbonyl (C=O) groups is 1. The van der Waals surface area contributed by atoms with Crippen molar-refractivity contribution in [2.45, 2.75) is 13.5 Å². The van der Waals surface area contributed by atoms with Gasteiger partial charge < -0.3 is 10.1 Å². The van der Waals surface area contributed by atoms with Gasteiger partial charge in [0.2, 0.25) is 0 Å². The Morgan fingerprint density at radius 3 is 2.61 bits per heavy atom. The molecule has 28 heavy (non-hydrogen) atoms. The number of nitrogens with zero attached hydrogens (tertiary/aromatic N) is 2. The summed E-state index contributed by atoms with van der Waals surface area (Å²) < 4.78 is 7.50. The molecule has 0 atom stereocenters. The second kappa shape index (κ2) is 7.74. The van der Waals surface area contributed by atoms with Gasteiger partial charge in [0, 0.05) is 23.0 Å². The first kappa shape index (κ1) is 18.1. The number of halogens is 1. The number of nitrogens with one attached hydrogen (secondary N) is 1. The molecule has 4 rings (SSSR count). The van der Waals surface area contributed by atoms with E-state index in [1.807, 2.05) is 54.6 Å². The fourth-order valence-electron chi connectivity index (χ4n) is 2.98. The molecule has 6 heteroatoms. The van der Waals surface area contributed by atoms with Crippen LogP contribution in [0.1, 0.15) is 21.7 Å². The van der Waals surface area contributed by atoms with E-state index in [9.17, 15) is 4.79 Å². The molecule has 2 heterocycles. The SMILES string of the molecule is Cc1nc2cc(Cl)ccn2c1C(=O)Nc1ccc(OCc2ccccc2)cc1. The summed E-state index contributed by atoms with van der Waals surface area (Å²) in [6.07, 6.45) is 1.74. The molecule has 0 bridgehead atoms. The summed E-state index contributed by atoms with van der Waals surface area (Å²) in [7, 11) is 0. The van der Waals surface area contributed by atoms with Crippen LogP contribution in [-0.2, 0) is 6.61 Å². The fourth-order valence-corrected chi connectivity index (χ4v) is 3.13. The molecule has 0 aliphatic rings. The van der Waals surface area contributed by atoms with E-state index in [1.54, 1.807) is 29.7 Å². The van der Waals surface area contributed by atoms with Crippen molar-refractivity contribution in [2.24, 2.45) is 0 Å². The highest BCUT2D eigenvalue weighted by Crippen LogP contribution is 2.20. The molecule has 0 spiro atoms. The predicted octanol–water partition coefficient (Wildman–Crippen LogP) is 5.13. The Hall–Kier alpha value is -3.31. The number of anilines is 1. The van der Waals surface area contributed by atoms with E-state index in [1.165, 1.54) is 0 Å². The minimum Gasteiger partial charge on any atom is -0.489 e. The normalized spacial score (nSPS) is 10.8. The number of hydrogen-bond acceptors (Lipinski definition) is 3. The van der Waals surface area contributed by atoms with E-state index in [4.69, 9.17) is 16.3 Å². The van der Waals surface area contributed by atoms with Crippen LogP contribution in [0.4, 0.5) is 5.69 Å². The highest BCUT2D eigenvalue weighted by atomic mass is 35.5. The van der Waals surface area contributed by atoms with Crippen molar-refractivity contribution in [2.75, 3.05) is 5.32 Å². The van der Waals surface area contributed by atoms with Gasteiger partial charge in [-0.25, -0.2) is 4.98 Å². The highest BCUT2D eigenvalue weighted by molar-refractivity contribution is 6.30. The van der Waals surface area contributed by atoms with Crippen LogP contribution < -0.4 is 10.1 Å². The number of rotatable bonds is 5. The Bertz CT molecular complexity index is 1120. The van der Waals surface area contributed by atoms with Crippen molar-refractivity contribution in [3.63, 3.8) is 0 Å². The lowest BCUT2D eigenvalue weighted by atomic mass is 10.2. The summed E-state index contributed by atoms with van der Waals surface area (Å²) in [5.41, 5.74) is 3.54. The summed E-state index contributed by atoms with van der Waals surface area (Å²) in [6, 6.07) is 20.7. The van der Waals surface area contributed by atoms with E-state index in [0.717, 1.165) is 11.3 Å². The number of fused-ring (bicyclic) bond motifs is 1. The largest absolute Gasteiger partial charge is 0.489 e. The molecule has 140 valence electrons. The van der Waals surface area contributed by atoms with Gasteiger partial charge >= 0.3 is 0 Å². The van der Waals surface area contributed by atoms with Crippen molar-refractivity contribution < 1.29 is 9.53 Å². The Morgan fingerprint density at radius 1 is 1.11 bits per heavy atom. The smallest absolute Gasteiger partial charge is 0.274 e. The van der Waals surface area contributed by atoms with E-state index in [0.29, 0.717) is 34.4 Å². The maximum Gasteiger partial charge on any atom is 0.274 e. The lowest BCUT2D eigenvalue weighted by molar-refractivity contribution is 0.102. The average molecular weight is 392 g/mol. The second-order valence-corrected chi connectivity index (χ2v) is 6.81. The first-order valence-corrected chi connectivity index (χ1v) is 9.20. The molecule has 1 amide bonds. The van der Waals surface area contributed by atoms with Crippen molar-refractivity contribution in [3.8, 4) is 5.75 Å². The molecule has 2 aromatic heterocycles. The third-order valence-corrected chi connectivity index (χ3v) is 4.57. The van der Waals surface area contributed by atoms with Crippen LogP contribution in [0.25, 0.3) is 5.65 Å². The molecule has 0 fully saturated rings. The Kier molecular flexibility index (Phi) is 5.00. The van der Waals surface area contributed by atoms with E-state index >= 15 is 0 Å². The van der Waals surface area contributed by atoms with Crippen LogP contribution in [-0.4, -0.2) is 15.3 Å². The first-order valence-electron chi connectivity index (χ1n) is 8.82. The molecule has 0 aliphatic carbocycles. The van der Waals surface area contributed by atoms with Crippen LogP contribution in [0, 0.1) is 6.92 Å². The van der Waals surface area contributed by atoms with Gasteiger partial charge in [-0.3, -0.25) is 9.20 Å². The Labute approximate surface area is 167 Å². The van der Waals surface area contributed by atoms with E-state index in [2.05, 4.69) is 10.3 Å². The zero-order valence-corrected chi connectivity index (χ0v) is 16.0. The fraction of sp³-hybridized carbons (Fsp3) is 0.0909. The molecule has 2 aromatic carbocycles. The quantitative estimate of drug-likeness (QED) is 0.513. The average Bonchev–Trinajstić information content (AvgIpc) is 3.03. The summed E-state index contributed by atoms with van der Waals surface area (Å²) in [5, 5.41) is 3.48. The molecule has 1 N–H and O–H groups in total. The van der Waals surface area contributed by atoms with Crippen molar-refractivity contribution in [1.82, 2.24) is 9.38 Å². The van der Waals surface area contributed by atoms with Crippen LogP contribution in [0.5, 0.6) is 5.75 Å². The number of carbonyl (C=O) groups excluding carboxylic acids is 1. The molecule has 0 saturated heterocycles. The van der Waals surface area contributed by atoms with Crippen molar-refractivity contribution in [3.05, 3.63) is 94.9 Å². The zero-order chi connectivity index (χ0) is 19.5. The lowest BCUT2D eigenvalue weighted by Gasteiger charge is -2.09. The number of amides is 1. The number of pyridine rings is 1. The molecule has 0 radical (unpaired) electrons. The van der Waals surface area contributed by atoms with Gasteiger partial charge in [-0.15, -0.1) is 0 Å². The minimum atomic E-state index is -0.231. The number of aryl methyl sites for hydroxylation is 1. The van der Waals surface area contributed by atoms with Gasteiger partial charge in [0.15, 0.2) is 0 Å². The Morgan fingerprint density at radius 2 is 1.86 bits per heavy atom. The third-order valence-electron chi connectivity index (χ3n) is 4.34. The third kappa shape index (κ3) is 3.85. The predicted molar refractivity (Wildman–Crippen MR) is 110 cm³/mol. The molecule has 5 nitrogen and oxygen atoms in total. The molecular weight excluding hydrogens is 374 g/mol. The van der Waals surface area contributed by atoms with Crippen LogP contribution >= 0.6 is 11.6 Å². The van der Waals surface area contributed by atoms with Crippen molar-refractivity contribution in [1.29, 1.82) is 0 Å². The molecule has 4 aromatic rings. The summed E-state index contributed by atoms with van der Waals surface area (Å²) in [6.45, 7) is 2.30. The number of aromatic nitrogens is 2. The molecular formula is C22H18ClN3O2. The summed E-state index contributed by atoms with van der Waals surface area (Å²) >= 11 is 6.00. The summed E-state index contributed by atoms with van der Waals surface area (Å²) in [4.78, 5) is 17.2. The molecule has 0 unspecified atom stereocenters. The number of benzene rings is 2. The lowest BCUT2D eigenvalue weighted by Crippen LogP contribution is -2.15. The Balaban J connectivity index is 1.46. The summed E-state index contributed by atoms with van der Waals surface area (Å²) in [5.74, 6) is 0.507. The van der Waals surface area contributed by atoms with Crippen LogP contribution in [0.3, 0.4) is 0 Å². The van der Waals surface area contributed by atoms with Gasteiger partial charge in [0.25, 0.3) is 5.91 Å². The van der Waals surface area contributed by atoms with Crippen molar-refractivity contribution >= 4 is 28.8 Å². The monoisotopic (exact) mass is 391 g/mol. The molecule has 0 aliphatic heterocycles. The van der Waals surface area contributed by atoms with Gasteiger partial charge in [-0.2, -0.15) is 0 Å². The number of ether oxygens (including phenoxy) is 1. The van der Waals surface area contributed by atoms with Gasteiger partial charge in [-0.05, 0) is 42.8 Å². The van der Waals surface area contributed by atoms with Gasteiger partial charge in [0.05, 0.1) is 5.69 Å². The zero-order valence-electron chi connectivity index (χ0n) is 15.2. The van der Waals surface area contributed by atoms with E-state index < -0.39 is 0 Å². The topological polar surface area (TPSA) is 55.6 Å². The minimum absolute atomic E-state index is 0.231. The van der Waals surface area contributed by atoms with E-state index in [-0.39, 0.29) is 5.91 Å². The van der Waals surface area contributed by atoms with Gasteiger partial charge in [-0.1, -0.05) is 41.9 Å². The maximum atomic E-state index is 12.8. The van der Waals surface area contributed by atoms with Crippen LogP contribution in [0.2, 0.25) is 5.02 Å². The maximum absolute atomic E-state index is 12.8. The highest BCUT2D eigenvalue weighted by Gasteiger charge is 2.17. The standard InChI is InChI=1S/C22H18ClN3O2/c1-15-21(26-12-11-17(23)13-20(26)24-15)22(27)25-18-7-9-19(10-8-18)28-14-16-5-3-2-4-6-16/h2-13H,14H2,1H3,(H,25,27).